The molecule has 112 valence electrons. The Labute approximate surface area is 139 Å². The van der Waals surface area contributed by atoms with E-state index in [1.807, 2.05) is 18.2 Å². The second-order valence-electron chi connectivity index (χ2n) is 5.09. The number of halogens is 2. The highest BCUT2D eigenvalue weighted by Gasteiger charge is 2.42. The van der Waals surface area contributed by atoms with E-state index in [1.165, 1.54) is 6.08 Å². The Balaban J connectivity index is 2.05. The smallest absolute Gasteiger partial charge is 0.329 e. The fraction of sp³-hybridized carbons (Fsp3) is 0.333. The molecule has 6 heteroatoms. The van der Waals surface area contributed by atoms with Crippen molar-refractivity contribution < 1.29 is 14.7 Å². The second-order valence-corrected chi connectivity index (χ2v) is 6.80. The SMILES string of the molecule is O=C(C=Cc1ccc(Br)c(Br)c1)NC1(C(=O)O)CCCC1. The third-order valence-electron chi connectivity index (χ3n) is 3.60. The normalized spacial score (nSPS) is 17.0. The van der Waals surface area contributed by atoms with Crippen LogP contribution in [0.2, 0.25) is 0 Å². The molecule has 4 nitrogen and oxygen atoms in total. The van der Waals surface area contributed by atoms with Gasteiger partial charge in [-0.25, -0.2) is 4.79 Å². The van der Waals surface area contributed by atoms with Gasteiger partial charge in [-0.15, -0.1) is 0 Å². The average Bonchev–Trinajstić information content (AvgIpc) is 2.90. The lowest BCUT2D eigenvalue weighted by atomic mass is 9.98. The summed E-state index contributed by atoms with van der Waals surface area (Å²) in [6.45, 7) is 0. The summed E-state index contributed by atoms with van der Waals surface area (Å²) in [4.78, 5) is 23.3. The Bertz CT molecular complexity index is 593. The van der Waals surface area contributed by atoms with Gasteiger partial charge in [0.25, 0.3) is 0 Å². The minimum atomic E-state index is -1.10. The summed E-state index contributed by atoms with van der Waals surface area (Å²) in [5, 5.41) is 12.0. The molecular formula is C15H15Br2NO3. The number of carbonyl (C=O) groups is 2. The minimum Gasteiger partial charge on any atom is -0.480 e. The first-order valence-electron chi connectivity index (χ1n) is 6.62. The highest BCUT2D eigenvalue weighted by molar-refractivity contribution is 9.13. The van der Waals surface area contributed by atoms with Gasteiger partial charge < -0.3 is 10.4 Å². The quantitative estimate of drug-likeness (QED) is 0.734. The number of carboxylic acids is 1. The maximum absolute atomic E-state index is 12.0. The van der Waals surface area contributed by atoms with E-state index in [9.17, 15) is 14.7 Å². The third kappa shape index (κ3) is 3.95. The molecule has 1 saturated carbocycles. The molecule has 2 rings (SSSR count). The molecule has 1 fully saturated rings. The summed E-state index contributed by atoms with van der Waals surface area (Å²) in [5.74, 6) is -1.33. The lowest BCUT2D eigenvalue weighted by Crippen LogP contribution is -2.52. The van der Waals surface area contributed by atoms with Gasteiger partial charge in [-0.1, -0.05) is 18.9 Å². The summed E-state index contributed by atoms with van der Waals surface area (Å²) in [5.41, 5.74) is -0.238. The lowest BCUT2D eigenvalue weighted by molar-refractivity contribution is -0.146. The van der Waals surface area contributed by atoms with Crippen LogP contribution in [0.15, 0.2) is 33.2 Å². The Morgan fingerprint density at radius 3 is 2.43 bits per heavy atom. The number of carboxylic acid groups (broad SMARTS) is 1. The first-order valence-corrected chi connectivity index (χ1v) is 8.20. The van der Waals surface area contributed by atoms with Crippen molar-refractivity contribution in [3.8, 4) is 0 Å². The van der Waals surface area contributed by atoms with Crippen molar-refractivity contribution in [3.63, 3.8) is 0 Å². The van der Waals surface area contributed by atoms with Gasteiger partial charge in [-0.05, 0) is 68.5 Å². The number of hydrogen-bond donors (Lipinski definition) is 2. The highest BCUT2D eigenvalue weighted by atomic mass is 79.9. The van der Waals surface area contributed by atoms with Crippen LogP contribution in [0.25, 0.3) is 6.08 Å². The molecule has 0 aromatic heterocycles. The van der Waals surface area contributed by atoms with Crippen LogP contribution in [-0.2, 0) is 9.59 Å². The molecule has 0 heterocycles. The zero-order chi connectivity index (χ0) is 15.5. The first kappa shape index (κ1) is 16.2. The van der Waals surface area contributed by atoms with E-state index in [2.05, 4.69) is 37.2 Å². The molecule has 21 heavy (non-hydrogen) atoms. The minimum absolute atomic E-state index is 0.377. The zero-order valence-electron chi connectivity index (χ0n) is 11.2. The number of aliphatic carboxylic acids is 1. The Morgan fingerprint density at radius 2 is 1.86 bits per heavy atom. The predicted octanol–water partition coefficient (Wildman–Crippen LogP) is 3.74. The molecule has 1 aliphatic carbocycles. The Morgan fingerprint density at radius 1 is 1.19 bits per heavy atom. The largest absolute Gasteiger partial charge is 0.480 e. The molecule has 0 unspecified atom stereocenters. The van der Waals surface area contributed by atoms with Crippen molar-refractivity contribution in [1.82, 2.24) is 5.32 Å². The molecule has 1 aromatic carbocycles. The van der Waals surface area contributed by atoms with Crippen molar-refractivity contribution in [3.05, 3.63) is 38.8 Å². The number of benzene rings is 1. The summed E-state index contributed by atoms with van der Waals surface area (Å²) >= 11 is 6.77. The molecule has 1 aromatic rings. The van der Waals surface area contributed by atoms with Crippen LogP contribution in [0.4, 0.5) is 0 Å². The summed E-state index contributed by atoms with van der Waals surface area (Å²) in [6, 6.07) is 5.61. The fourth-order valence-corrected chi connectivity index (χ4v) is 3.08. The third-order valence-corrected chi connectivity index (χ3v) is 5.48. The number of amides is 1. The van der Waals surface area contributed by atoms with Gasteiger partial charge >= 0.3 is 5.97 Å². The molecule has 0 bridgehead atoms. The van der Waals surface area contributed by atoms with E-state index in [0.717, 1.165) is 27.4 Å². The van der Waals surface area contributed by atoms with Crippen LogP contribution in [0.1, 0.15) is 31.2 Å². The molecule has 0 atom stereocenters. The van der Waals surface area contributed by atoms with Crippen molar-refractivity contribution in [2.75, 3.05) is 0 Å². The Kier molecular flexibility index (Phi) is 5.22. The van der Waals surface area contributed by atoms with Crippen LogP contribution < -0.4 is 5.32 Å². The Hall–Kier alpha value is -1.14. The van der Waals surface area contributed by atoms with Gasteiger partial charge in [-0.3, -0.25) is 4.79 Å². The zero-order valence-corrected chi connectivity index (χ0v) is 14.4. The van der Waals surface area contributed by atoms with Crippen LogP contribution in [0, 0.1) is 0 Å². The van der Waals surface area contributed by atoms with Crippen LogP contribution in [-0.4, -0.2) is 22.5 Å². The molecule has 2 N–H and O–H groups in total. The standard InChI is InChI=1S/C15H15Br2NO3/c16-11-5-3-10(9-12(11)17)4-6-13(19)18-15(14(20)21)7-1-2-8-15/h3-6,9H,1-2,7-8H2,(H,18,19)(H,20,21). The van der Waals surface area contributed by atoms with E-state index < -0.39 is 11.5 Å². The van der Waals surface area contributed by atoms with E-state index in [4.69, 9.17) is 0 Å². The molecule has 1 aliphatic rings. The van der Waals surface area contributed by atoms with E-state index in [1.54, 1.807) is 6.08 Å². The number of rotatable bonds is 4. The molecule has 1 amide bonds. The van der Waals surface area contributed by atoms with E-state index >= 15 is 0 Å². The molecule has 0 spiro atoms. The second kappa shape index (κ2) is 6.75. The van der Waals surface area contributed by atoms with Crippen molar-refractivity contribution in [2.45, 2.75) is 31.2 Å². The van der Waals surface area contributed by atoms with Crippen molar-refractivity contribution in [1.29, 1.82) is 0 Å². The van der Waals surface area contributed by atoms with Gasteiger partial charge in [-0.2, -0.15) is 0 Å². The monoisotopic (exact) mass is 415 g/mol. The maximum atomic E-state index is 12.0. The molecule has 0 aliphatic heterocycles. The van der Waals surface area contributed by atoms with Gasteiger partial charge in [0.05, 0.1) is 0 Å². The van der Waals surface area contributed by atoms with Gasteiger partial charge in [0.2, 0.25) is 5.91 Å². The predicted molar refractivity (Wildman–Crippen MR) is 87.9 cm³/mol. The molecule has 0 saturated heterocycles. The van der Waals surface area contributed by atoms with E-state index in [-0.39, 0.29) is 5.91 Å². The summed E-state index contributed by atoms with van der Waals surface area (Å²) in [6.07, 6.45) is 5.68. The van der Waals surface area contributed by atoms with Crippen LogP contribution >= 0.6 is 31.9 Å². The first-order chi connectivity index (χ1) is 9.93. The number of carbonyl (C=O) groups excluding carboxylic acids is 1. The highest BCUT2D eigenvalue weighted by Crippen LogP contribution is 2.30. The van der Waals surface area contributed by atoms with Gasteiger partial charge in [0.1, 0.15) is 5.54 Å². The fourth-order valence-electron chi connectivity index (χ4n) is 2.44. The summed E-state index contributed by atoms with van der Waals surface area (Å²) in [7, 11) is 0. The maximum Gasteiger partial charge on any atom is 0.329 e. The van der Waals surface area contributed by atoms with Gasteiger partial charge in [0.15, 0.2) is 0 Å². The number of hydrogen-bond acceptors (Lipinski definition) is 2. The van der Waals surface area contributed by atoms with Crippen LogP contribution in [0.5, 0.6) is 0 Å². The van der Waals surface area contributed by atoms with Crippen molar-refractivity contribution >= 4 is 49.8 Å². The topological polar surface area (TPSA) is 66.4 Å². The van der Waals surface area contributed by atoms with Gasteiger partial charge in [0, 0.05) is 15.0 Å². The van der Waals surface area contributed by atoms with Crippen LogP contribution in [0.3, 0.4) is 0 Å². The molecular weight excluding hydrogens is 402 g/mol. The molecule has 0 radical (unpaired) electrons. The average molecular weight is 417 g/mol. The van der Waals surface area contributed by atoms with E-state index in [0.29, 0.717) is 12.8 Å². The van der Waals surface area contributed by atoms with Crippen molar-refractivity contribution in [2.24, 2.45) is 0 Å². The number of nitrogens with one attached hydrogen (secondary N) is 1. The summed E-state index contributed by atoms with van der Waals surface area (Å²) < 4.78 is 1.82. The lowest BCUT2D eigenvalue weighted by Gasteiger charge is -2.24.